The zero-order valence-corrected chi connectivity index (χ0v) is 13.2. The smallest absolute Gasteiger partial charge is 0.0122 e. The monoisotopic (exact) mass is 280 g/mol. The van der Waals surface area contributed by atoms with E-state index in [1.54, 1.807) is 5.56 Å². The largest absolute Gasteiger partial charge is 0.0808 e. The lowest BCUT2D eigenvalue weighted by Crippen LogP contribution is -2.15. The molecule has 4 atom stereocenters. The van der Waals surface area contributed by atoms with Crippen LogP contribution in [0.2, 0.25) is 0 Å². The van der Waals surface area contributed by atoms with E-state index in [9.17, 15) is 0 Å². The van der Waals surface area contributed by atoms with Crippen LogP contribution < -0.4 is 0 Å². The van der Waals surface area contributed by atoms with Crippen LogP contribution in [0.3, 0.4) is 0 Å². The Labute approximate surface area is 130 Å². The first kappa shape index (κ1) is 14.6. The first-order chi connectivity index (χ1) is 10.4. The molecule has 0 aliphatic heterocycles. The number of unbranched alkanes of at least 4 members (excludes halogenated alkanes) is 3. The lowest BCUT2D eigenvalue weighted by atomic mass is 9.79. The minimum Gasteiger partial charge on any atom is -0.0808 e. The Balaban J connectivity index is 1.74. The number of fused-ring (bicyclic) bond motifs is 1. The van der Waals surface area contributed by atoms with Crippen molar-refractivity contribution in [2.45, 2.75) is 51.4 Å². The van der Waals surface area contributed by atoms with Gasteiger partial charge in [0.15, 0.2) is 0 Å². The Morgan fingerprint density at radius 2 is 1.76 bits per heavy atom. The Morgan fingerprint density at radius 1 is 0.952 bits per heavy atom. The fourth-order valence-corrected chi connectivity index (χ4v) is 4.39. The van der Waals surface area contributed by atoms with Gasteiger partial charge in [0.05, 0.1) is 0 Å². The highest BCUT2D eigenvalue weighted by molar-refractivity contribution is 5.27. The van der Waals surface area contributed by atoms with Gasteiger partial charge in [-0.1, -0.05) is 87.2 Å². The van der Waals surface area contributed by atoms with E-state index in [0.29, 0.717) is 0 Å². The molecule has 21 heavy (non-hydrogen) atoms. The first-order valence-electron chi connectivity index (χ1n) is 8.80. The van der Waals surface area contributed by atoms with Gasteiger partial charge in [0.1, 0.15) is 0 Å². The van der Waals surface area contributed by atoms with E-state index in [-0.39, 0.29) is 0 Å². The van der Waals surface area contributed by atoms with E-state index in [4.69, 9.17) is 0 Å². The molecule has 0 heterocycles. The molecule has 0 amide bonds. The van der Waals surface area contributed by atoms with Crippen LogP contribution >= 0.6 is 0 Å². The highest BCUT2D eigenvalue weighted by Gasteiger charge is 2.41. The average Bonchev–Trinajstić information content (AvgIpc) is 2.91. The van der Waals surface area contributed by atoms with Crippen LogP contribution in [0.4, 0.5) is 0 Å². The molecule has 1 fully saturated rings. The Morgan fingerprint density at radius 3 is 2.57 bits per heavy atom. The van der Waals surface area contributed by atoms with Crippen molar-refractivity contribution in [3.63, 3.8) is 0 Å². The van der Waals surface area contributed by atoms with E-state index in [1.807, 2.05) is 0 Å². The normalized spacial score (nSPS) is 30.5. The zero-order valence-electron chi connectivity index (χ0n) is 13.2. The van der Waals surface area contributed by atoms with Crippen LogP contribution in [0.5, 0.6) is 0 Å². The molecule has 0 aromatic heterocycles. The molecule has 1 aromatic rings. The number of benzene rings is 1. The van der Waals surface area contributed by atoms with Crippen molar-refractivity contribution in [1.29, 1.82) is 0 Å². The standard InChI is InChI=1S/C21H28/c1-2-3-4-8-15-20-19-14-10-9-13-18(19)16-21(20)17-11-6-5-7-12-17/h5-7,9-14,18-21H,2-4,8,15-16H2,1H3. The first-order valence-corrected chi connectivity index (χ1v) is 8.80. The van der Waals surface area contributed by atoms with Crippen molar-refractivity contribution >= 4 is 0 Å². The van der Waals surface area contributed by atoms with E-state index < -0.39 is 0 Å². The fraction of sp³-hybridized carbons (Fsp3) is 0.524. The maximum Gasteiger partial charge on any atom is -0.0122 e. The van der Waals surface area contributed by atoms with Crippen molar-refractivity contribution < 1.29 is 0 Å². The van der Waals surface area contributed by atoms with Crippen molar-refractivity contribution in [2.75, 3.05) is 0 Å². The molecule has 3 rings (SSSR count). The van der Waals surface area contributed by atoms with Crippen LogP contribution in [-0.2, 0) is 0 Å². The van der Waals surface area contributed by atoms with Gasteiger partial charge in [0.2, 0.25) is 0 Å². The fourth-order valence-electron chi connectivity index (χ4n) is 4.39. The van der Waals surface area contributed by atoms with Gasteiger partial charge in [0, 0.05) is 0 Å². The van der Waals surface area contributed by atoms with Crippen molar-refractivity contribution in [3.8, 4) is 0 Å². The number of rotatable bonds is 6. The second kappa shape index (κ2) is 7.11. The van der Waals surface area contributed by atoms with Crippen molar-refractivity contribution in [2.24, 2.45) is 17.8 Å². The molecule has 0 heteroatoms. The molecule has 112 valence electrons. The molecule has 0 spiro atoms. The second-order valence-corrected chi connectivity index (χ2v) is 6.78. The summed E-state index contributed by atoms with van der Waals surface area (Å²) < 4.78 is 0. The summed E-state index contributed by atoms with van der Waals surface area (Å²) in [5, 5.41) is 0. The summed E-state index contributed by atoms with van der Waals surface area (Å²) in [4.78, 5) is 0. The Bertz CT molecular complexity index is 482. The van der Waals surface area contributed by atoms with Crippen LogP contribution in [-0.4, -0.2) is 0 Å². The van der Waals surface area contributed by atoms with Crippen LogP contribution in [0.15, 0.2) is 54.6 Å². The SMILES string of the molecule is CCCCCCC1C(c2ccccc2)CC2C=CC=CC21. The predicted molar refractivity (Wildman–Crippen MR) is 91.3 cm³/mol. The maximum absolute atomic E-state index is 2.48. The zero-order chi connectivity index (χ0) is 14.5. The number of hydrogen-bond acceptors (Lipinski definition) is 0. The summed E-state index contributed by atoms with van der Waals surface area (Å²) in [6, 6.07) is 11.2. The van der Waals surface area contributed by atoms with Crippen molar-refractivity contribution in [1.82, 2.24) is 0 Å². The van der Waals surface area contributed by atoms with Gasteiger partial charge in [0.25, 0.3) is 0 Å². The quantitative estimate of drug-likeness (QED) is 0.551. The molecular formula is C21H28. The molecule has 2 aliphatic carbocycles. The second-order valence-electron chi connectivity index (χ2n) is 6.78. The Kier molecular flexibility index (Phi) is 4.95. The highest BCUT2D eigenvalue weighted by Crippen LogP contribution is 2.51. The number of allylic oxidation sites excluding steroid dienone is 4. The van der Waals surface area contributed by atoms with Gasteiger partial charge in [-0.25, -0.2) is 0 Å². The minimum absolute atomic E-state index is 0.759. The summed E-state index contributed by atoms with van der Waals surface area (Å²) in [6.07, 6.45) is 17.7. The summed E-state index contributed by atoms with van der Waals surface area (Å²) in [7, 11) is 0. The van der Waals surface area contributed by atoms with Gasteiger partial charge in [-0.15, -0.1) is 0 Å². The number of hydrogen-bond donors (Lipinski definition) is 0. The third-order valence-electron chi connectivity index (χ3n) is 5.45. The van der Waals surface area contributed by atoms with Gasteiger partial charge < -0.3 is 0 Å². The molecule has 2 aliphatic rings. The van der Waals surface area contributed by atoms with Crippen LogP contribution in [0.1, 0.15) is 56.9 Å². The summed E-state index contributed by atoms with van der Waals surface area (Å²) in [6.45, 7) is 2.30. The third kappa shape index (κ3) is 3.31. The Hall–Kier alpha value is -1.30. The highest BCUT2D eigenvalue weighted by atomic mass is 14.4. The van der Waals surface area contributed by atoms with Gasteiger partial charge in [-0.05, 0) is 42.1 Å². The molecule has 0 bridgehead atoms. The molecule has 1 aromatic carbocycles. The third-order valence-corrected chi connectivity index (χ3v) is 5.45. The molecule has 0 radical (unpaired) electrons. The molecule has 0 N–H and O–H groups in total. The van der Waals surface area contributed by atoms with Crippen LogP contribution in [0.25, 0.3) is 0 Å². The lowest BCUT2D eigenvalue weighted by Gasteiger charge is -2.25. The van der Waals surface area contributed by atoms with Gasteiger partial charge in [-0.2, -0.15) is 0 Å². The van der Waals surface area contributed by atoms with Crippen molar-refractivity contribution in [3.05, 3.63) is 60.2 Å². The molecule has 4 unspecified atom stereocenters. The topological polar surface area (TPSA) is 0 Å². The average molecular weight is 280 g/mol. The van der Waals surface area contributed by atoms with Gasteiger partial charge >= 0.3 is 0 Å². The predicted octanol–water partition coefficient (Wildman–Crippen LogP) is 6.12. The van der Waals surface area contributed by atoms with Crippen LogP contribution in [0, 0.1) is 17.8 Å². The minimum atomic E-state index is 0.759. The van der Waals surface area contributed by atoms with E-state index in [2.05, 4.69) is 61.6 Å². The molecule has 0 saturated heterocycles. The summed E-state index contributed by atoms with van der Waals surface area (Å²) in [5.41, 5.74) is 1.56. The molecule has 0 nitrogen and oxygen atoms in total. The maximum atomic E-state index is 2.48. The lowest BCUT2D eigenvalue weighted by molar-refractivity contribution is 0.355. The summed E-state index contributed by atoms with van der Waals surface area (Å²) >= 11 is 0. The summed E-state index contributed by atoms with van der Waals surface area (Å²) in [5.74, 6) is 3.16. The van der Waals surface area contributed by atoms with E-state index in [1.165, 1.54) is 38.5 Å². The van der Waals surface area contributed by atoms with Gasteiger partial charge in [-0.3, -0.25) is 0 Å². The van der Waals surface area contributed by atoms with E-state index >= 15 is 0 Å². The van der Waals surface area contributed by atoms with E-state index in [0.717, 1.165) is 23.7 Å². The molecular weight excluding hydrogens is 252 g/mol. The molecule has 1 saturated carbocycles.